The van der Waals surface area contributed by atoms with Crippen molar-refractivity contribution >= 4 is 0 Å². The molecule has 0 spiro atoms. The van der Waals surface area contributed by atoms with Crippen molar-refractivity contribution in [3.63, 3.8) is 0 Å². The highest BCUT2D eigenvalue weighted by Gasteiger charge is 2.43. The molecule has 1 unspecified atom stereocenters. The highest BCUT2D eigenvalue weighted by atomic mass is 19.4. The van der Waals surface area contributed by atoms with E-state index in [4.69, 9.17) is 9.47 Å². The Kier molecular flexibility index (Phi) is 9.04. The summed E-state index contributed by atoms with van der Waals surface area (Å²) in [6, 6.07) is 5.04. The Morgan fingerprint density at radius 1 is 0.818 bits per heavy atom. The van der Waals surface area contributed by atoms with Crippen LogP contribution in [0.3, 0.4) is 0 Å². The van der Waals surface area contributed by atoms with Gasteiger partial charge in [0.05, 0.1) is 23.8 Å². The number of rotatable bonds is 6. The molecule has 1 fully saturated rings. The van der Waals surface area contributed by atoms with Crippen LogP contribution in [0.1, 0.15) is 66.2 Å². The van der Waals surface area contributed by atoms with Gasteiger partial charge in [-0.25, -0.2) is 9.29 Å². The van der Waals surface area contributed by atoms with Crippen LogP contribution < -0.4 is 4.74 Å². The second kappa shape index (κ2) is 11.9. The van der Waals surface area contributed by atoms with Crippen LogP contribution >= 0.6 is 0 Å². The maximum Gasteiger partial charge on any atom is 0.416 e. The third-order valence-electron chi connectivity index (χ3n) is 7.47. The smallest absolute Gasteiger partial charge is 0.416 e. The number of benzene rings is 3. The van der Waals surface area contributed by atoms with Crippen LogP contribution in [0, 0.1) is 5.82 Å². The Morgan fingerprint density at radius 3 is 1.89 bits per heavy atom. The van der Waals surface area contributed by atoms with Gasteiger partial charge < -0.3 is 14.6 Å². The van der Waals surface area contributed by atoms with Crippen molar-refractivity contribution in [2.75, 3.05) is 7.11 Å². The zero-order chi connectivity index (χ0) is 32.9. The minimum absolute atomic E-state index is 0.000648. The standard InChI is InChI=1S/C30H27F10NO3/c1-14(2)22-11-23(25(43-4)12-24(22)31)21-6-5-18(28(32,33)34)9-17(21)13-41-15(3)26(44-27(41)42)16-7-19(29(35,36)37)10-20(8-16)30(38,39)40/h5-12,14-15,26-27,42H,13H2,1-4H3/t15-,26-,27?/m0/s1. The number of aliphatic hydroxyl groups excluding tert-OH is 1. The van der Waals surface area contributed by atoms with Gasteiger partial charge in [0.15, 0.2) is 0 Å². The molecule has 4 rings (SSSR count). The Morgan fingerprint density at radius 2 is 1.39 bits per heavy atom. The molecule has 1 aliphatic heterocycles. The molecule has 0 amide bonds. The monoisotopic (exact) mass is 639 g/mol. The van der Waals surface area contributed by atoms with Crippen LogP contribution in [0.5, 0.6) is 5.75 Å². The van der Waals surface area contributed by atoms with Gasteiger partial charge in [-0.05, 0) is 71.5 Å². The number of methoxy groups -OCH3 is 1. The quantitative estimate of drug-likeness (QED) is 0.274. The predicted molar refractivity (Wildman–Crippen MR) is 139 cm³/mol. The molecule has 1 aliphatic rings. The van der Waals surface area contributed by atoms with Crippen molar-refractivity contribution in [3.05, 3.63) is 87.7 Å². The molecule has 0 saturated carbocycles. The summed E-state index contributed by atoms with van der Waals surface area (Å²) in [5.41, 5.74) is -4.18. The van der Waals surface area contributed by atoms with E-state index in [9.17, 15) is 49.0 Å². The fourth-order valence-corrected chi connectivity index (χ4v) is 5.17. The highest BCUT2D eigenvalue weighted by Crippen LogP contribution is 2.44. The van der Waals surface area contributed by atoms with Crippen LogP contribution in [-0.2, 0) is 29.8 Å². The number of nitrogens with zero attached hydrogens (tertiary/aromatic N) is 1. The first-order valence-corrected chi connectivity index (χ1v) is 13.2. The molecule has 1 heterocycles. The molecule has 44 heavy (non-hydrogen) atoms. The van der Waals surface area contributed by atoms with E-state index in [-0.39, 0.29) is 40.0 Å². The molecule has 0 aliphatic carbocycles. The average molecular weight is 640 g/mol. The van der Waals surface area contributed by atoms with Gasteiger partial charge >= 0.3 is 18.5 Å². The zero-order valence-corrected chi connectivity index (χ0v) is 23.6. The lowest BCUT2D eigenvalue weighted by molar-refractivity contribution is -0.154. The van der Waals surface area contributed by atoms with Crippen molar-refractivity contribution < 1.29 is 58.5 Å². The second-order valence-electron chi connectivity index (χ2n) is 10.7. The molecule has 14 heteroatoms. The Labute approximate surface area is 245 Å². The molecular weight excluding hydrogens is 612 g/mol. The molecule has 0 bridgehead atoms. The van der Waals surface area contributed by atoms with E-state index >= 15 is 0 Å². The first-order chi connectivity index (χ1) is 20.2. The number of halogens is 10. The van der Waals surface area contributed by atoms with Crippen LogP contribution in [0.2, 0.25) is 0 Å². The van der Waals surface area contributed by atoms with Crippen molar-refractivity contribution in [1.82, 2.24) is 4.90 Å². The van der Waals surface area contributed by atoms with E-state index in [1.165, 1.54) is 20.1 Å². The topological polar surface area (TPSA) is 41.9 Å². The molecule has 0 aromatic heterocycles. The molecule has 0 radical (unpaired) electrons. The van der Waals surface area contributed by atoms with E-state index < -0.39 is 71.7 Å². The lowest BCUT2D eigenvalue weighted by Crippen LogP contribution is -2.35. The van der Waals surface area contributed by atoms with Crippen LogP contribution in [0.25, 0.3) is 11.1 Å². The lowest BCUT2D eigenvalue weighted by atomic mass is 9.91. The van der Waals surface area contributed by atoms with Gasteiger partial charge in [0.25, 0.3) is 0 Å². The van der Waals surface area contributed by atoms with Crippen LogP contribution in [0.4, 0.5) is 43.9 Å². The molecule has 1 saturated heterocycles. The summed E-state index contributed by atoms with van der Waals surface area (Å²) in [5.74, 6) is -0.921. The molecule has 3 aromatic carbocycles. The minimum Gasteiger partial charge on any atom is -0.496 e. The molecule has 3 atom stereocenters. The fraction of sp³-hybridized carbons (Fsp3) is 0.400. The van der Waals surface area contributed by atoms with Crippen LogP contribution in [-0.4, -0.2) is 29.6 Å². The van der Waals surface area contributed by atoms with Gasteiger partial charge in [0.1, 0.15) is 17.7 Å². The van der Waals surface area contributed by atoms with E-state index in [0.29, 0.717) is 12.1 Å². The van der Waals surface area contributed by atoms with Gasteiger partial charge in [-0.2, -0.15) is 39.5 Å². The predicted octanol–water partition coefficient (Wildman–Crippen LogP) is 8.92. The fourth-order valence-electron chi connectivity index (χ4n) is 5.17. The van der Waals surface area contributed by atoms with E-state index in [1.54, 1.807) is 13.8 Å². The van der Waals surface area contributed by atoms with Gasteiger partial charge in [0.2, 0.25) is 6.41 Å². The third kappa shape index (κ3) is 6.81. The highest BCUT2D eigenvalue weighted by molar-refractivity contribution is 5.75. The van der Waals surface area contributed by atoms with E-state index in [1.807, 2.05) is 0 Å². The number of ether oxygens (including phenoxy) is 2. The summed E-state index contributed by atoms with van der Waals surface area (Å²) in [6.07, 6.45) is -18.5. The van der Waals surface area contributed by atoms with Gasteiger partial charge in [-0.15, -0.1) is 0 Å². The lowest BCUT2D eigenvalue weighted by Gasteiger charge is -2.26. The second-order valence-corrected chi connectivity index (χ2v) is 10.7. The number of alkyl halides is 9. The summed E-state index contributed by atoms with van der Waals surface area (Å²) in [7, 11) is 1.24. The Bertz CT molecular complexity index is 1480. The van der Waals surface area contributed by atoms with Gasteiger partial charge in [0, 0.05) is 24.2 Å². The Balaban J connectivity index is 1.81. The van der Waals surface area contributed by atoms with E-state index in [0.717, 1.165) is 29.2 Å². The number of hydrogen-bond acceptors (Lipinski definition) is 4. The van der Waals surface area contributed by atoms with Crippen molar-refractivity contribution in [3.8, 4) is 16.9 Å². The maximum atomic E-state index is 14.7. The Hall–Kier alpha value is -3.36. The summed E-state index contributed by atoms with van der Waals surface area (Å²) in [6.45, 7) is 4.28. The number of hydrogen-bond donors (Lipinski definition) is 1. The first-order valence-electron chi connectivity index (χ1n) is 13.2. The minimum atomic E-state index is -5.13. The van der Waals surface area contributed by atoms with Crippen LogP contribution in [0.15, 0.2) is 48.5 Å². The molecular formula is C30H27F10NO3. The average Bonchev–Trinajstić information content (AvgIpc) is 3.19. The van der Waals surface area contributed by atoms with Gasteiger partial charge in [-0.1, -0.05) is 19.9 Å². The van der Waals surface area contributed by atoms with Crippen molar-refractivity contribution in [2.24, 2.45) is 0 Å². The molecule has 240 valence electrons. The number of aliphatic hydroxyl groups is 1. The normalized spacial score (nSPS) is 20.0. The summed E-state index contributed by atoms with van der Waals surface area (Å²) >= 11 is 0. The van der Waals surface area contributed by atoms with Crippen molar-refractivity contribution in [1.29, 1.82) is 0 Å². The largest absolute Gasteiger partial charge is 0.496 e. The molecule has 3 aromatic rings. The first kappa shape index (κ1) is 33.5. The molecule has 1 N–H and O–H groups in total. The van der Waals surface area contributed by atoms with Gasteiger partial charge in [-0.3, -0.25) is 0 Å². The summed E-state index contributed by atoms with van der Waals surface area (Å²) < 4.78 is 147. The summed E-state index contributed by atoms with van der Waals surface area (Å²) in [4.78, 5) is 1.09. The maximum absolute atomic E-state index is 14.7. The SMILES string of the molecule is COc1cc(F)c(C(C)C)cc1-c1ccc(C(F)(F)F)cc1CN1C(O)O[C@H](c2cc(C(F)(F)F)cc(C(F)(F)F)c2)[C@@H]1C. The summed E-state index contributed by atoms with van der Waals surface area (Å²) in [5, 5.41) is 10.7. The third-order valence-corrected chi connectivity index (χ3v) is 7.47. The van der Waals surface area contributed by atoms with E-state index in [2.05, 4.69) is 0 Å². The molecule has 4 nitrogen and oxygen atoms in total. The van der Waals surface area contributed by atoms with Crippen molar-refractivity contribution in [2.45, 2.75) is 70.3 Å². The zero-order valence-electron chi connectivity index (χ0n) is 23.6.